The van der Waals surface area contributed by atoms with Crippen molar-refractivity contribution in [3.05, 3.63) is 35.9 Å². The molecule has 2 aliphatic rings. The van der Waals surface area contributed by atoms with Crippen molar-refractivity contribution >= 4 is 0 Å². The molecule has 1 saturated heterocycles. The number of phenolic OH excluding ortho intramolecular Hbond substituents is 2. The average molecular weight is 259 g/mol. The summed E-state index contributed by atoms with van der Waals surface area (Å²) < 4.78 is 0. The van der Waals surface area contributed by atoms with Crippen molar-refractivity contribution in [2.75, 3.05) is 13.1 Å². The highest BCUT2D eigenvalue weighted by Gasteiger charge is 2.36. The summed E-state index contributed by atoms with van der Waals surface area (Å²) in [5, 5.41) is 19.7. The number of rotatable bonds is 2. The third kappa shape index (κ3) is 2.12. The molecule has 19 heavy (non-hydrogen) atoms. The summed E-state index contributed by atoms with van der Waals surface area (Å²) in [6.45, 7) is 5.94. The Morgan fingerprint density at radius 3 is 2.95 bits per heavy atom. The van der Waals surface area contributed by atoms with Crippen LogP contribution in [0.4, 0.5) is 0 Å². The molecule has 0 radical (unpaired) electrons. The summed E-state index contributed by atoms with van der Waals surface area (Å²) in [6.07, 6.45) is 6.26. The van der Waals surface area contributed by atoms with Crippen LogP contribution in [0.2, 0.25) is 0 Å². The zero-order chi connectivity index (χ0) is 13.4. The Hall–Kier alpha value is -1.48. The van der Waals surface area contributed by atoms with E-state index in [-0.39, 0.29) is 11.5 Å². The van der Waals surface area contributed by atoms with Crippen molar-refractivity contribution in [3.8, 4) is 11.5 Å². The van der Waals surface area contributed by atoms with Crippen LogP contribution in [0.1, 0.15) is 24.0 Å². The Kier molecular flexibility index (Phi) is 3.23. The molecule has 1 fully saturated rings. The van der Waals surface area contributed by atoms with Gasteiger partial charge in [-0.15, -0.1) is 6.58 Å². The summed E-state index contributed by atoms with van der Waals surface area (Å²) in [5.41, 5.74) is 2.15. The van der Waals surface area contributed by atoms with Gasteiger partial charge in [0.05, 0.1) is 0 Å². The topological polar surface area (TPSA) is 43.7 Å². The Morgan fingerprint density at radius 1 is 1.32 bits per heavy atom. The van der Waals surface area contributed by atoms with E-state index >= 15 is 0 Å². The number of likely N-dealkylation sites (tertiary alicyclic amines) is 1. The molecule has 0 amide bonds. The van der Waals surface area contributed by atoms with E-state index in [1.807, 2.05) is 12.1 Å². The van der Waals surface area contributed by atoms with Gasteiger partial charge in [-0.1, -0.05) is 12.1 Å². The fraction of sp³-hybridized carbons (Fsp3) is 0.500. The van der Waals surface area contributed by atoms with Gasteiger partial charge in [-0.25, -0.2) is 0 Å². The van der Waals surface area contributed by atoms with Crippen LogP contribution in [0.15, 0.2) is 24.8 Å². The maximum absolute atomic E-state index is 10.0. The van der Waals surface area contributed by atoms with E-state index < -0.39 is 0 Å². The van der Waals surface area contributed by atoms with Crippen LogP contribution >= 0.6 is 0 Å². The third-order valence-electron chi connectivity index (χ3n) is 4.65. The summed E-state index contributed by atoms with van der Waals surface area (Å²) >= 11 is 0. The minimum atomic E-state index is 0.0101. The predicted molar refractivity (Wildman–Crippen MR) is 75.5 cm³/mol. The van der Waals surface area contributed by atoms with Crippen LogP contribution in [-0.2, 0) is 12.8 Å². The summed E-state index contributed by atoms with van der Waals surface area (Å²) in [4.78, 5) is 2.51. The second-order valence-electron chi connectivity index (χ2n) is 5.73. The third-order valence-corrected chi connectivity index (χ3v) is 4.65. The quantitative estimate of drug-likeness (QED) is 0.633. The summed E-state index contributed by atoms with van der Waals surface area (Å²) in [7, 11) is 0. The van der Waals surface area contributed by atoms with Gasteiger partial charge in [0.25, 0.3) is 0 Å². The number of fused-ring (bicyclic) bond motifs is 2. The lowest BCUT2D eigenvalue weighted by atomic mass is 9.75. The molecule has 102 valence electrons. The Bertz CT molecular complexity index is 498. The number of hydrogen-bond donors (Lipinski definition) is 2. The second-order valence-corrected chi connectivity index (χ2v) is 5.73. The number of piperidine rings is 1. The van der Waals surface area contributed by atoms with Gasteiger partial charge >= 0.3 is 0 Å². The second kappa shape index (κ2) is 4.89. The van der Waals surface area contributed by atoms with E-state index in [4.69, 9.17) is 0 Å². The van der Waals surface area contributed by atoms with Gasteiger partial charge in [0, 0.05) is 18.2 Å². The standard InChI is InChI=1S/C16H21NO2/c1-2-7-17-8-3-4-12-9-13-11(10-14(12)17)5-6-15(18)16(13)19/h2,5-6,12,14,18-19H,1,3-4,7-10H2. The van der Waals surface area contributed by atoms with Crippen molar-refractivity contribution in [3.63, 3.8) is 0 Å². The SMILES string of the molecule is C=CCN1CCCC2Cc3c(ccc(O)c3O)CC21. The van der Waals surface area contributed by atoms with Crippen molar-refractivity contribution in [1.29, 1.82) is 0 Å². The normalized spacial score (nSPS) is 26.5. The van der Waals surface area contributed by atoms with E-state index in [0.717, 1.165) is 31.5 Å². The molecular formula is C16H21NO2. The van der Waals surface area contributed by atoms with E-state index in [1.165, 1.54) is 18.4 Å². The number of hydrogen-bond acceptors (Lipinski definition) is 3. The highest BCUT2D eigenvalue weighted by molar-refractivity contribution is 5.50. The molecule has 1 aromatic carbocycles. The molecule has 0 spiro atoms. The Labute approximate surface area is 114 Å². The first-order valence-electron chi connectivity index (χ1n) is 7.08. The molecule has 3 heteroatoms. The monoisotopic (exact) mass is 259 g/mol. The summed E-state index contributed by atoms with van der Waals surface area (Å²) in [6, 6.07) is 4.12. The minimum absolute atomic E-state index is 0.0101. The highest BCUT2D eigenvalue weighted by atomic mass is 16.3. The zero-order valence-corrected chi connectivity index (χ0v) is 11.2. The Balaban J connectivity index is 1.92. The lowest BCUT2D eigenvalue weighted by Gasteiger charge is -2.44. The number of nitrogens with zero attached hydrogens (tertiary/aromatic N) is 1. The molecule has 3 nitrogen and oxygen atoms in total. The van der Waals surface area contributed by atoms with Crippen LogP contribution < -0.4 is 0 Å². The van der Waals surface area contributed by atoms with Gasteiger partial charge in [-0.3, -0.25) is 4.90 Å². The molecule has 1 heterocycles. The fourth-order valence-electron chi connectivity index (χ4n) is 3.71. The minimum Gasteiger partial charge on any atom is -0.504 e. The van der Waals surface area contributed by atoms with Crippen LogP contribution in [0.5, 0.6) is 11.5 Å². The molecule has 2 N–H and O–H groups in total. The molecular weight excluding hydrogens is 238 g/mol. The van der Waals surface area contributed by atoms with Crippen molar-refractivity contribution in [2.24, 2.45) is 5.92 Å². The molecule has 1 aliphatic carbocycles. The first-order valence-corrected chi connectivity index (χ1v) is 7.08. The van der Waals surface area contributed by atoms with E-state index in [1.54, 1.807) is 6.07 Å². The van der Waals surface area contributed by atoms with Gasteiger partial charge < -0.3 is 10.2 Å². The maximum atomic E-state index is 10.0. The van der Waals surface area contributed by atoms with Gasteiger partial charge in [-0.2, -0.15) is 0 Å². The average Bonchev–Trinajstić information content (AvgIpc) is 2.42. The highest BCUT2D eigenvalue weighted by Crippen LogP contribution is 2.41. The fourth-order valence-corrected chi connectivity index (χ4v) is 3.71. The lowest BCUT2D eigenvalue weighted by Crippen LogP contribution is -2.49. The molecule has 0 bridgehead atoms. The van der Waals surface area contributed by atoms with Gasteiger partial charge in [0.2, 0.25) is 0 Å². The van der Waals surface area contributed by atoms with E-state index in [2.05, 4.69) is 11.5 Å². The molecule has 1 aromatic rings. The smallest absolute Gasteiger partial charge is 0.160 e. The van der Waals surface area contributed by atoms with Crippen molar-refractivity contribution in [1.82, 2.24) is 4.90 Å². The van der Waals surface area contributed by atoms with Crippen LogP contribution in [-0.4, -0.2) is 34.2 Å². The van der Waals surface area contributed by atoms with Crippen LogP contribution in [0.3, 0.4) is 0 Å². The lowest BCUT2D eigenvalue weighted by molar-refractivity contribution is 0.0965. The molecule has 1 aliphatic heterocycles. The first-order chi connectivity index (χ1) is 9.20. The van der Waals surface area contributed by atoms with Crippen molar-refractivity contribution < 1.29 is 10.2 Å². The molecule has 2 atom stereocenters. The molecule has 0 saturated carbocycles. The van der Waals surface area contributed by atoms with Gasteiger partial charge in [0.1, 0.15) is 0 Å². The first kappa shape index (κ1) is 12.5. The zero-order valence-electron chi connectivity index (χ0n) is 11.2. The number of benzene rings is 1. The van der Waals surface area contributed by atoms with Crippen molar-refractivity contribution in [2.45, 2.75) is 31.7 Å². The summed E-state index contributed by atoms with van der Waals surface area (Å²) in [5.74, 6) is 0.696. The number of phenols is 2. The van der Waals surface area contributed by atoms with E-state index in [9.17, 15) is 10.2 Å². The maximum Gasteiger partial charge on any atom is 0.160 e. The van der Waals surface area contributed by atoms with Gasteiger partial charge in [0.15, 0.2) is 11.5 Å². The van der Waals surface area contributed by atoms with E-state index in [0.29, 0.717) is 12.0 Å². The molecule has 2 unspecified atom stereocenters. The largest absolute Gasteiger partial charge is 0.504 e. The Morgan fingerprint density at radius 2 is 2.16 bits per heavy atom. The number of aromatic hydroxyl groups is 2. The molecule has 3 rings (SSSR count). The van der Waals surface area contributed by atoms with Gasteiger partial charge in [-0.05, 0) is 49.8 Å². The predicted octanol–water partition coefficient (Wildman–Crippen LogP) is 2.46. The van der Waals surface area contributed by atoms with Crippen LogP contribution in [0, 0.1) is 5.92 Å². The van der Waals surface area contributed by atoms with Crippen LogP contribution in [0.25, 0.3) is 0 Å². The molecule has 0 aromatic heterocycles.